The zero-order valence-electron chi connectivity index (χ0n) is 15.6. The Morgan fingerprint density at radius 3 is 2.77 bits per heavy atom. The Hall–Kier alpha value is -1.82. The molecule has 4 atom stereocenters. The lowest BCUT2D eigenvalue weighted by Gasteiger charge is -2.45. The van der Waals surface area contributed by atoms with Crippen LogP contribution in [-0.4, -0.2) is 32.4 Å². The molecule has 1 aromatic rings. The van der Waals surface area contributed by atoms with Gasteiger partial charge in [-0.3, -0.25) is 0 Å². The molecule has 0 N–H and O–H groups in total. The summed E-state index contributed by atoms with van der Waals surface area (Å²) in [6.07, 6.45) is 6.49. The molecule has 1 saturated heterocycles. The van der Waals surface area contributed by atoms with Gasteiger partial charge < -0.3 is 23.7 Å². The van der Waals surface area contributed by atoms with Crippen molar-refractivity contribution in [1.82, 2.24) is 0 Å². The molecule has 1 aromatic carbocycles. The maximum atomic E-state index is 6.57. The minimum absolute atomic E-state index is 0.0629. The van der Waals surface area contributed by atoms with Gasteiger partial charge in [0.05, 0.1) is 6.10 Å². The fraction of sp³-hybridized carbons (Fsp3) is 0.524. The minimum atomic E-state index is -0.799. The first kappa shape index (κ1) is 17.6. The predicted octanol–water partition coefficient (Wildman–Crippen LogP) is 4.15. The molecule has 2 aliphatic heterocycles. The lowest BCUT2D eigenvalue weighted by atomic mass is 9.73. The third-order valence-corrected chi connectivity index (χ3v) is 6.04. The third kappa shape index (κ3) is 2.34. The highest BCUT2D eigenvalue weighted by Crippen LogP contribution is 2.58. The smallest absolute Gasteiger partial charge is 0.231 e. The van der Waals surface area contributed by atoms with E-state index in [1.54, 1.807) is 14.2 Å². The van der Waals surface area contributed by atoms with Gasteiger partial charge in [-0.25, -0.2) is 0 Å². The zero-order chi connectivity index (χ0) is 18.4. The van der Waals surface area contributed by atoms with Crippen molar-refractivity contribution in [3.63, 3.8) is 0 Å². The maximum absolute atomic E-state index is 6.57. The minimum Gasteiger partial charge on any atom is -0.454 e. The van der Waals surface area contributed by atoms with Gasteiger partial charge in [0.15, 0.2) is 11.5 Å². The molecule has 5 nitrogen and oxygen atoms in total. The van der Waals surface area contributed by atoms with Crippen molar-refractivity contribution < 1.29 is 23.7 Å². The van der Waals surface area contributed by atoms with E-state index in [0.717, 1.165) is 36.3 Å². The molecule has 0 saturated carbocycles. The van der Waals surface area contributed by atoms with Crippen LogP contribution in [0.4, 0.5) is 0 Å². The van der Waals surface area contributed by atoms with Crippen LogP contribution in [0.2, 0.25) is 0 Å². The average molecular weight is 358 g/mol. The summed E-state index contributed by atoms with van der Waals surface area (Å²) < 4.78 is 29.6. The first-order chi connectivity index (χ1) is 12.6. The van der Waals surface area contributed by atoms with Crippen LogP contribution < -0.4 is 9.47 Å². The first-order valence-corrected chi connectivity index (χ1v) is 9.08. The molecule has 0 aromatic heterocycles. The molecular formula is C21H26O5. The van der Waals surface area contributed by atoms with Crippen molar-refractivity contribution in [2.45, 2.75) is 43.7 Å². The Morgan fingerprint density at radius 1 is 1.23 bits per heavy atom. The second kappa shape index (κ2) is 6.41. The molecule has 4 rings (SSSR count). The number of fused-ring (bicyclic) bond motifs is 2. The van der Waals surface area contributed by atoms with E-state index < -0.39 is 11.4 Å². The normalized spacial score (nSPS) is 35.1. The van der Waals surface area contributed by atoms with Crippen LogP contribution in [0, 0.1) is 5.92 Å². The number of benzene rings is 1. The van der Waals surface area contributed by atoms with E-state index in [1.807, 2.05) is 24.3 Å². The molecule has 0 spiro atoms. The molecule has 1 aliphatic carbocycles. The Labute approximate surface area is 154 Å². The number of rotatable bonds is 5. The molecule has 26 heavy (non-hydrogen) atoms. The van der Waals surface area contributed by atoms with Gasteiger partial charge in [0, 0.05) is 26.6 Å². The number of hydrogen-bond donors (Lipinski definition) is 0. The molecule has 0 radical (unpaired) electrons. The average Bonchev–Trinajstić information content (AvgIpc) is 3.23. The van der Waals surface area contributed by atoms with Gasteiger partial charge in [0.2, 0.25) is 12.6 Å². The first-order valence-electron chi connectivity index (χ1n) is 9.08. The van der Waals surface area contributed by atoms with E-state index in [9.17, 15) is 0 Å². The molecule has 0 unspecified atom stereocenters. The highest BCUT2D eigenvalue weighted by atomic mass is 16.7. The summed E-state index contributed by atoms with van der Waals surface area (Å²) in [5, 5.41) is 0. The quantitative estimate of drug-likeness (QED) is 0.740. The Bertz CT molecular complexity index is 742. The third-order valence-electron chi connectivity index (χ3n) is 6.04. The van der Waals surface area contributed by atoms with Crippen LogP contribution >= 0.6 is 0 Å². The van der Waals surface area contributed by atoms with E-state index in [1.165, 1.54) is 5.57 Å². The number of ether oxygens (including phenoxy) is 5. The predicted molar refractivity (Wildman–Crippen MR) is 97.2 cm³/mol. The van der Waals surface area contributed by atoms with Crippen molar-refractivity contribution in [1.29, 1.82) is 0 Å². The van der Waals surface area contributed by atoms with Gasteiger partial charge in [0.1, 0.15) is 5.60 Å². The number of allylic oxidation sites excluding steroid dienone is 2. The van der Waals surface area contributed by atoms with Gasteiger partial charge in [-0.05, 0) is 36.6 Å². The van der Waals surface area contributed by atoms with E-state index in [4.69, 9.17) is 23.7 Å². The highest BCUT2D eigenvalue weighted by molar-refractivity contribution is 5.46. The molecule has 0 amide bonds. The number of hydrogen-bond acceptors (Lipinski definition) is 5. The van der Waals surface area contributed by atoms with Crippen LogP contribution in [0.25, 0.3) is 0 Å². The van der Waals surface area contributed by atoms with Gasteiger partial charge >= 0.3 is 0 Å². The zero-order valence-corrected chi connectivity index (χ0v) is 15.6. The van der Waals surface area contributed by atoms with Crippen LogP contribution in [0.15, 0.2) is 42.5 Å². The van der Waals surface area contributed by atoms with Gasteiger partial charge in [-0.2, -0.15) is 0 Å². The van der Waals surface area contributed by atoms with Crippen molar-refractivity contribution in [3.05, 3.63) is 48.1 Å². The molecule has 140 valence electrons. The Morgan fingerprint density at radius 2 is 2.04 bits per heavy atom. The van der Waals surface area contributed by atoms with Gasteiger partial charge in [-0.15, -0.1) is 6.58 Å². The van der Waals surface area contributed by atoms with E-state index >= 15 is 0 Å². The molecule has 2 heterocycles. The lowest BCUT2D eigenvalue weighted by Crippen LogP contribution is -2.56. The molecule has 1 fully saturated rings. The summed E-state index contributed by atoms with van der Waals surface area (Å²) in [5.74, 6) is 0.794. The fourth-order valence-corrected chi connectivity index (χ4v) is 4.67. The summed E-state index contributed by atoms with van der Waals surface area (Å²) in [6.45, 7) is 6.29. The van der Waals surface area contributed by atoms with E-state index in [2.05, 4.69) is 19.6 Å². The Kier molecular flexibility index (Phi) is 4.34. The van der Waals surface area contributed by atoms with E-state index in [0.29, 0.717) is 0 Å². The van der Waals surface area contributed by atoms with Crippen LogP contribution in [0.1, 0.15) is 37.9 Å². The number of methoxy groups -OCH3 is 2. The summed E-state index contributed by atoms with van der Waals surface area (Å²) in [7, 11) is 3.44. The van der Waals surface area contributed by atoms with Crippen molar-refractivity contribution >= 4 is 0 Å². The fourth-order valence-electron chi connectivity index (χ4n) is 4.67. The molecule has 0 bridgehead atoms. The second-order valence-corrected chi connectivity index (χ2v) is 7.19. The van der Waals surface area contributed by atoms with Crippen LogP contribution in [0.5, 0.6) is 11.5 Å². The second-order valence-electron chi connectivity index (χ2n) is 7.19. The summed E-state index contributed by atoms with van der Waals surface area (Å²) >= 11 is 0. The highest BCUT2D eigenvalue weighted by Gasteiger charge is 2.65. The van der Waals surface area contributed by atoms with Crippen molar-refractivity contribution in [2.24, 2.45) is 5.92 Å². The van der Waals surface area contributed by atoms with Crippen LogP contribution in [-0.2, 0) is 14.2 Å². The summed E-state index contributed by atoms with van der Waals surface area (Å²) in [4.78, 5) is 0. The van der Waals surface area contributed by atoms with Crippen molar-refractivity contribution in [3.8, 4) is 11.5 Å². The molecule has 5 heteroatoms. The molecular weight excluding hydrogens is 332 g/mol. The van der Waals surface area contributed by atoms with Gasteiger partial charge in [0.25, 0.3) is 0 Å². The monoisotopic (exact) mass is 358 g/mol. The standard InChI is InChI=1S/C21H26O5/c1-5-6-15-9-10-21(23-4)20(12-15,22-3)14(2)19(26-21)16-7-8-17-18(11-16)25-13-24-17/h5,7-8,11-12,14,19H,1,6,9-10,13H2,2-4H3/t14-,19-,20-,21-/m0/s1. The topological polar surface area (TPSA) is 46.2 Å². The Balaban J connectivity index is 1.76. The largest absolute Gasteiger partial charge is 0.454 e. The van der Waals surface area contributed by atoms with Crippen LogP contribution in [0.3, 0.4) is 0 Å². The SMILES string of the molecule is C=CCC1=C[C@]2(OC)[C@@H](C)[C@@H](c3ccc4c(c3)OCO4)O[C@@]2(OC)CC1. The maximum Gasteiger partial charge on any atom is 0.231 e. The summed E-state index contributed by atoms with van der Waals surface area (Å²) in [5.41, 5.74) is 1.72. The lowest BCUT2D eigenvalue weighted by molar-refractivity contribution is -0.279. The van der Waals surface area contributed by atoms with E-state index in [-0.39, 0.29) is 18.8 Å². The van der Waals surface area contributed by atoms with Gasteiger partial charge in [-0.1, -0.05) is 24.6 Å². The summed E-state index contributed by atoms with van der Waals surface area (Å²) in [6, 6.07) is 5.97. The molecule has 3 aliphatic rings. The van der Waals surface area contributed by atoms with Crippen molar-refractivity contribution in [2.75, 3.05) is 21.0 Å².